The molecule has 1 amide bonds. The summed E-state index contributed by atoms with van der Waals surface area (Å²) in [5.74, 6) is -0.575. The van der Waals surface area contributed by atoms with Crippen molar-refractivity contribution in [1.82, 2.24) is 25.1 Å². The Balaban J connectivity index is 1.69. The van der Waals surface area contributed by atoms with Crippen LogP contribution in [0.15, 0.2) is 22.8 Å². The molecule has 9 nitrogen and oxygen atoms in total. The average molecular weight is 291 g/mol. The second-order valence-corrected chi connectivity index (χ2v) is 4.70. The quantitative estimate of drug-likeness (QED) is 0.843. The maximum Gasteiger partial charge on any atom is 0.326 e. The lowest BCUT2D eigenvalue weighted by atomic mass is 10.2. The van der Waals surface area contributed by atoms with E-state index < -0.39 is 12.0 Å². The molecule has 1 aliphatic heterocycles. The Kier molecular flexibility index (Phi) is 3.38. The number of carboxylic acids is 1. The van der Waals surface area contributed by atoms with Crippen molar-refractivity contribution in [3.8, 4) is 11.6 Å². The van der Waals surface area contributed by atoms with Crippen molar-refractivity contribution in [2.24, 2.45) is 0 Å². The first-order valence-corrected chi connectivity index (χ1v) is 6.49. The molecule has 0 radical (unpaired) electrons. The molecule has 0 saturated carbocycles. The first-order chi connectivity index (χ1) is 10.1. The zero-order chi connectivity index (χ0) is 14.8. The maximum atomic E-state index is 12.1. The van der Waals surface area contributed by atoms with E-state index in [2.05, 4.69) is 15.4 Å². The molecule has 1 saturated heterocycles. The van der Waals surface area contributed by atoms with E-state index in [1.807, 2.05) is 0 Å². The maximum absolute atomic E-state index is 12.1. The summed E-state index contributed by atoms with van der Waals surface area (Å²) in [5, 5.41) is 20.7. The van der Waals surface area contributed by atoms with Gasteiger partial charge in [0.15, 0.2) is 5.76 Å². The minimum Gasteiger partial charge on any atom is -0.480 e. The molecule has 0 bridgehead atoms. The molecule has 3 heterocycles. The highest BCUT2D eigenvalue weighted by atomic mass is 16.4. The van der Waals surface area contributed by atoms with Gasteiger partial charge in [-0.05, 0) is 30.2 Å². The standard InChI is InChI=1S/C12H13N5O4/c18-10(16-5-1-3-8(16)12(19)20)7-17-14-11(13-15-17)9-4-2-6-21-9/h2,4,6,8H,1,3,5,7H2,(H,19,20). The van der Waals surface area contributed by atoms with E-state index >= 15 is 0 Å². The lowest BCUT2D eigenvalue weighted by Crippen LogP contribution is -2.42. The summed E-state index contributed by atoms with van der Waals surface area (Å²) in [6, 6.07) is 2.62. The largest absolute Gasteiger partial charge is 0.480 e. The molecule has 1 unspecified atom stereocenters. The zero-order valence-corrected chi connectivity index (χ0v) is 11.0. The lowest BCUT2D eigenvalue weighted by molar-refractivity contribution is -0.148. The van der Waals surface area contributed by atoms with E-state index in [0.29, 0.717) is 25.1 Å². The van der Waals surface area contributed by atoms with Crippen molar-refractivity contribution in [2.75, 3.05) is 6.54 Å². The Morgan fingerprint density at radius 2 is 2.33 bits per heavy atom. The molecule has 1 atom stereocenters. The number of carbonyl (C=O) groups is 2. The van der Waals surface area contributed by atoms with Gasteiger partial charge in [-0.3, -0.25) is 4.79 Å². The second kappa shape index (κ2) is 5.35. The minimum absolute atomic E-state index is 0.141. The number of likely N-dealkylation sites (tertiary alicyclic amines) is 1. The third-order valence-corrected chi connectivity index (χ3v) is 3.33. The number of aromatic nitrogens is 4. The van der Waals surface area contributed by atoms with Crippen LogP contribution in [0.3, 0.4) is 0 Å². The van der Waals surface area contributed by atoms with Crippen molar-refractivity contribution in [3.05, 3.63) is 18.4 Å². The third-order valence-electron chi connectivity index (χ3n) is 3.33. The van der Waals surface area contributed by atoms with Crippen LogP contribution >= 0.6 is 0 Å². The Labute approximate surface area is 119 Å². The number of aliphatic carboxylic acids is 1. The number of hydrogen-bond acceptors (Lipinski definition) is 6. The van der Waals surface area contributed by atoms with Crippen LogP contribution in [0.1, 0.15) is 12.8 Å². The van der Waals surface area contributed by atoms with E-state index in [-0.39, 0.29) is 18.3 Å². The summed E-state index contributed by atoms with van der Waals surface area (Å²) >= 11 is 0. The summed E-state index contributed by atoms with van der Waals surface area (Å²) in [5.41, 5.74) is 0. The first-order valence-electron chi connectivity index (χ1n) is 6.49. The van der Waals surface area contributed by atoms with Gasteiger partial charge in [-0.1, -0.05) is 0 Å². The molecular formula is C12H13N5O4. The SMILES string of the molecule is O=C(O)C1CCCN1C(=O)Cn1nnc(-c2ccco2)n1. The van der Waals surface area contributed by atoms with Crippen molar-refractivity contribution in [1.29, 1.82) is 0 Å². The Morgan fingerprint density at radius 3 is 3.05 bits per heavy atom. The van der Waals surface area contributed by atoms with Crippen LogP contribution in [0.4, 0.5) is 0 Å². The van der Waals surface area contributed by atoms with E-state index in [1.165, 1.54) is 11.2 Å². The molecule has 0 aromatic carbocycles. The van der Waals surface area contributed by atoms with E-state index in [4.69, 9.17) is 9.52 Å². The van der Waals surface area contributed by atoms with Gasteiger partial charge in [-0.25, -0.2) is 4.79 Å². The highest BCUT2D eigenvalue weighted by Crippen LogP contribution is 2.18. The molecule has 1 aliphatic rings. The lowest BCUT2D eigenvalue weighted by Gasteiger charge is -2.20. The van der Waals surface area contributed by atoms with Gasteiger partial charge in [0.25, 0.3) is 0 Å². The summed E-state index contributed by atoms with van der Waals surface area (Å²) in [6.45, 7) is 0.299. The van der Waals surface area contributed by atoms with E-state index in [9.17, 15) is 9.59 Å². The normalized spacial score (nSPS) is 18.1. The second-order valence-electron chi connectivity index (χ2n) is 4.70. The molecule has 2 aromatic heterocycles. The number of carboxylic acid groups (broad SMARTS) is 1. The number of carbonyl (C=O) groups excluding carboxylic acids is 1. The van der Waals surface area contributed by atoms with Gasteiger partial charge in [0.05, 0.1) is 6.26 Å². The van der Waals surface area contributed by atoms with Crippen molar-refractivity contribution < 1.29 is 19.1 Å². The topological polar surface area (TPSA) is 114 Å². The van der Waals surface area contributed by atoms with E-state index in [1.54, 1.807) is 12.1 Å². The Hall–Kier alpha value is -2.71. The highest BCUT2D eigenvalue weighted by Gasteiger charge is 2.34. The van der Waals surface area contributed by atoms with Crippen LogP contribution in [0.25, 0.3) is 11.6 Å². The molecular weight excluding hydrogens is 278 g/mol. The third kappa shape index (κ3) is 2.62. The molecule has 1 fully saturated rings. The summed E-state index contributed by atoms with van der Waals surface area (Å²) in [4.78, 5) is 25.7. The number of amides is 1. The van der Waals surface area contributed by atoms with Gasteiger partial charge in [-0.2, -0.15) is 4.80 Å². The first kappa shape index (κ1) is 13.3. The summed E-state index contributed by atoms with van der Waals surface area (Å²) in [6.07, 6.45) is 2.65. The molecule has 21 heavy (non-hydrogen) atoms. The average Bonchev–Trinajstić information content (AvgIpc) is 3.19. The molecule has 2 aromatic rings. The molecule has 0 aliphatic carbocycles. The van der Waals surface area contributed by atoms with Crippen molar-refractivity contribution in [2.45, 2.75) is 25.4 Å². The smallest absolute Gasteiger partial charge is 0.326 e. The number of hydrogen-bond donors (Lipinski definition) is 1. The fourth-order valence-electron chi connectivity index (χ4n) is 2.35. The number of furan rings is 1. The number of rotatable bonds is 4. The monoisotopic (exact) mass is 291 g/mol. The Bertz CT molecular complexity index is 650. The zero-order valence-electron chi connectivity index (χ0n) is 11.0. The predicted octanol–water partition coefficient (Wildman–Crippen LogP) is 0.00870. The molecule has 0 spiro atoms. The van der Waals surface area contributed by atoms with Crippen molar-refractivity contribution in [3.63, 3.8) is 0 Å². The van der Waals surface area contributed by atoms with Crippen LogP contribution in [0.5, 0.6) is 0 Å². The predicted molar refractivity (Wildman–Crippen MR) is 67.9 cm³/mol. The highest BCUT2D eigenvalue weighted by molar-refractivity contribution is 5.84. The van der Waals surface area contributed by atoms with Gasteiger partial charge in [-0.15, -0.1) is 10.2 Å². The fourth-order valence-corrected chi connectivity index (χ4v) is 2.35. The fraction of sp³-hybridized carbons (Fsp3) is 0.417. The number of tetrazole rings is 1. The van der Waals surface area contributed by atoms with Gasteiger partial charge in [0, 0.05) is 6.54 Å². The molecule has 110 valence electrons. The van der Waals surface area contributed by atoms with Gasteiger partial charge >= 0.3 is 5.97 Å². The summed E-state index contributed by atoms with van der Waals surface area (Å²) < 4.78 is 5.13. The minimum atomic E-state index is -0.983. The van der Waals surface area contributed by atoms with Crippen LogP contribution < -0.4 is 0 Å². The van der Waals surface area contributed by atoms with Gasteiger partial charge < -0.3 is 14.4 Å². The Morgan fingerprint density at radius 1 is 1.48 bits per heavy atom. The van der Waals surface area contributed by atoms with Crippen LogP contribution in [0.2, 0.25) is 0 Å². The van der Waals surface area contributed by atoms with Crippen LogP contribution in [0, 0.1) is 0 Å². The number of nitrogens with zero attached hydrogens (tertiary/aromatic N) is 5. The van der Waals surface area contributed by atoms with Gasteiger partial charge in [0.1, 0.15) is 12.6 Å². The van der Waals surface area contributed by atoms with Crippen LogP contribution in [-0.4, -0.2) is 54.7 Å². The van der Waals surface area contributed by atoms with Crippen molar-refractivity contribution >= 4 is 11.9 Å². The molecule has 9 heteroatoms. The summed E-state index contributed by atoms with van der Waals surface area (Å²) in [7, 11) is 0. The van der Waals surface area contributed by atoms with E-state index in [0.717, 1.165) is 4.80 Å². The molecule has 3 rings (SSSR count). The molecule has 1 N–H and O–H groups in total. The van der Waals surface area contributed by atoms with Gasteiger partial charge in [0.2, 0.25) is 11.7 Å². The van der Waals surface area contributed by atoms with Crippen LogP contribution in [-0.2, 0) is 16.1 Å².